The smallest absolute Gasteiger partial charge is 0.280 e. The van der Waals surface area contributed by atoms with Crippen molar-refractivity contribution in [2.24, 2.45) is 0 Å². The number of aromatic amines is 1. The Hall–Kier alpha value is -2.38. The molecule has 1 fully saturated rings. The van der Waals surface area contributed by atoms with Crippen molar-refractivity contribution in [2.45, 2.75) is 38.0 Å². The molecule has 0 saturated carbocycles. The van der Waals surface area contributed by atoms with E-state index in [1.165, 1.54) is 6.07 Å². The van der Waals surface area contributed by atoms with Gasteiger partial charge in [0.25, 0.3) is 5.56 Å². The van der Waals surface area contributed by atoms with Gasteiger partial charge in [-0.25, -0.2) is 0 Å². The second-order valence-corrected chi connectivity index (χ2v) is 6.05. The Morgan fingerprint density at radius 2 is 2.16 bits per heavy atom. The SMILES string of the molecule is O=C(CCc1cc(=O)[nH]o1)N[C@@H]1CCOC[C@H]1OCc1ccccc1. The van der Waals surface area contributed by atoms with Crippen LogP contribution in [0.15, 0.2) is 45.7 Å². The molecule has 134 valence electrons. The zero-order chi connectivity index (χ0) is 17.5. The highest BCUT2D eigenvalue weighted by Crippen LogP contribution is 2.14. The van der Waals surface area contributed by atoms with Crippen LogP contribution in [0.2, 0.25) is 0 Å². The van der Waals surface area contributed by atoms with Crippen LogP contribution in [0, 0.1) is 0 Å². The summed E-state index contributed by atoms with van der Waals surface area (Å²) in [6.45, 7) is 1.54. The molecule has 2 aromatic rings. The summed E-state index contributed by atoms with van der Waals surface area (Å²) in [6, 6.07) is 11.2. The maximum atomic E-state index is 12.2. The number of aromatic nitrogens is 1. The Labute approximate surface area is 145 Å². The van der Waals surface area contributed by atoms with E-state index in [0.717, 1.165) is 5.56 Å². The molecule has 1 aliphatic rings. The van der Waals surface area contributed by atoms with Crippen LogP contribution in [0.5, 0.6) is 0 Å². The van der Waals surface area contributed by atoms with Crippen molar-refractivity contribution in [3.63, 3.8) is 0 Å². The number of benzene rings is 1. The minimum atomic E-state index is -0.297. The van der Waals surface area contributed by atoms with Crippen LogP contribution in [0.1, 0.15) is 24.2 Å². The quantitative estimate of drug-likeness (QED) is 0.790. The van der Waals surface area contributed by atoms with E-state index in [1.807, 2.05) is 30.3 Å². The van der Waals surface area contributed by atoms with Crippen LogP contribution in [-0.4, -0.2) is 36.4 Å². The molecule has 1 aromatic carbocycles. The van der Waals surface area contributed by atoms with E-state index in [1.54, 1.807) is 0 Å². The third kappa shape index (κ3) is 5.30. The highest BCUT2D eigenvalue weighted by molar-refractivity contribution is 5.76. The lowest BCUT2D eigenvalue weighted by Gasteiger charge is -2.32. The Balaban J connectivity index is 1.48. The van der Waals surface area contributed by atoms with Crippen molar-refractivity contribution in [3.05, 3.63) is 58.1 Å². The summed E-state index contributed by atoms with van der Waals surface area (Å²) in [4.78, 5) is 23.2. The van der Waals surface area contributed by atoms with Crippen LogP contribution in [-0.2, 0) is 27.3 Å². The second-order valence-electron chi connectivity index (χ2n) is 6.05. The molecule has 0 bridgehead atoms. The van der Waals surface area contributed by atoms with Crippen molar-refractivity contribution in [1.29, 1.82) is 0 Å². The Morgan fingerprint density at radius 3 is 2.92 bits per heavy atom. The summed E-state index contributed by atoms with van der Waals surface area (Å²) >= 11 is 0. The molecule has 7 heteroatoms. The van der Waals surface area contributed by atoms with Gasteiger partial charge in [0.15, 0.2) is 0 Å². The van der Waals surface area contributed by atoms with Crippen molar-refractivity contribution in [3.8, 4) is 0 Å². The van der Waals surface area contributed by atoms with Crippen LogP contribution < -0.4 is 10.9 Å². The molecule has 1 amide bonds. The number of amides is 1. The first-order valence-corrected chi connectivity index (χ1v) is 8.41. The minimum absolute atomic E-state index is 0.0804. The van der Waals surface area contributed by atoms with E-state index >= 15 is 0 Å². The van der Waals surface area contributed by atoms with Gasteiger partial charge < -0.3 is 19.3 Å². The van der Waals surface area contributed by atoms with Gasteiger partial charge in [0.05, 0.1) is 19.3 Å². The van der Waals surface area contributed by atoms with Gasteiger partial charge in [-0.3, -0.25) is 9.59 Å². The molecule has 1 aliphatic heterocycles. The van der Waals surface area contributed by atoms with E-state index in [4.69, 9.17) is 14.0 Å². The van der Waals surface area contributed by atoms with Gasteiger partial charge in [0.1, 0.15) is 11.9 Å². The molecule has 0 unspecified atom stereocenters. The number of rotatable bonds is 7. The third-order valence-electron chi connectivity index (χ3n) is 4.13. The topological polar surface area (TPSA) is 93.6 Å². The van der Waals surface area contributed by atoms with Crippen LogP contribution in [0.4, 0.5) is 0 Å². The Bertz CT molecular complexity index is 724. The summed E-state index contributed by atoms with van der Waals surface area (Å²) in [6.07, 6.45) is 1.17. The lowest BCUT2D eigenvalue weighted by atomic mass is 10.1. The third-order valence-corrected chi connectivity index (χ3v) is 4.13. The highest BCUT2D eigenvalue weighted by Gasteiger charge is 2.28. The van der Waals surface area contributed by atoms with E-state index in [0.29, 0.717) is 38.4 Å². The number of H-pyrrole nitrogens is 1. The molecule has 1 aromatic heterocycles. The predicted octanol–water partition coefficient (Wildman–Crippen LogP) is 1.39. The largest absolute Gasteiger partial charge is 0.384 e. The van der Waals surface area contributed by atoms with Crippen molar-refractivity contribution in [1.82, 2.24) is 10.5 Å². The average Bonchev–Trinajstić information content (AvgIpc) is 3.05. The normalized spacial score (nSPS) is 20.3. The van der Waals surface area contributed by atoms with E-state index < -0.39 is 0 Å². The first-order chi connectivity index (χ1) is 12.2. The molecule has 2 atom stereocenters. The summed E-state index contributed by atoms with van der Waals surface area (Å²) in [5, 5.41) is 5.22. The van der Waals surface area contributed by atoms with Gasteiger partial charge in [-0.2, -0.15) is 5.16 Å². The van der Waals surface area contributed by atoms with E-state index in [-0.39, 0.29) is 30.0 Å². The highest BCUT2D eigenvalue weighted by atomic mass is 16.5. The number of carbonyl (C=O) groups excluding carboxylic acids is 1. The Kier molecular flexibility index (Phi) is 6.03. The molecule has 0 spiro atoms. The predicted molar refractivity (Wildman–Crippen MR) is 90.0 cm³/mol. The molecular weight excluding hydrogens is 324 g/mol. The van der Waals surface area contributed by atoms with Gasteiger partial charge in [0.2, 0.25) is 5.91 Å². The number of hydrogen-bond acceptors (Lipinski definition) is 5. The number of aryl methyl sites for hydroxylation is 1. The van der Waals surface area contributed by atoms with Gasteiger partial charge >= 0.3 is 0 Å². The summed E-state index contributed by atoms with van der Waals surface area (Å²) in [5.74, 6) is 0.382. The fourth-order valence-electron chi connectivity index (χ4n) is 2.78. The number of nitrogens with one attached hydrogen (secondary N) is 2. The van der Waals surface area contributed by atoms with E-state index in [2.05, 4.69) is 10.5 Å². The lowest BCUT2D eigenvalue weighted by Crippen LogP contribution is -2.50. The monoisotopic (exact) mass is 346 g/mol. The number of hydrogen-bond donors (Lipinski definition) is 2. The molecule has 7 nitrogen and oxygen atoms in total. The maximum Gasteiger partial charge on any atom is 0.280 e. The number of ether oxygens (including phenoxy) is 2. The second kappa shape index (κ2) is 8.64. The molecule has 0 radical (unpaired) electrons. The molecule has 2 N–H and O–H groups in total. The minimum Gasteiger partial charge on any atom is -0.384 e. The molecular formula is C18H22N2O5. The summed E-state index contributed by atoms with van der Waals surface area (Å²) < 4.78 is 16.4. The van der Waals surface area contributed by atoms with Gasteiger partial charge in [-0.15, -0.1) is 0 Å². The van der Waals surface area contributed by atoms with Crippen molar-refractivity contribution < 1.29 is 18.8 Å². The average molecular weight is 346 g/mol. The van der Waals surface area contributed by atoms with Crippen molar-refractivity contribution >= 4 is 5.91 Å². The Morgan fingerprint density at radius 1 is 1.32 bits per heavy atom. The van der Waals surface area contributed by atoms with Gasteiger partial charge in [-0.1, -0.05) is 30.3 Å². The standard InChI is InChI=1S/C18H22N2O5/c21-17(7-6-14-10-18(22)20-25-14)19-15-8-9-23-12-16(15)24-11-13-4-2-1-3-5-13/h1-5,10,15-16H,6-9,11-12H2,(H,19,21)(H,20,22)/t15-,16-/m1/s1. The van der Waals surface area contributed by atoms with Crippen LogP contribution in [0.25, 0.3) is 0 Å². The van der Waals surface area contributed by atoms with Crippen LogP contribution >= 0.6 is 0 Å². The molecule has 25 heavy (non-hydrogen) atoms. The lowest BCUT2D eigenvalue weighted by molar-refractivity contribution is -0.126. The molecule has 3 rings (SSSR count). The fourth-order valence-corrected chi connectivity index (χ4v) is 2.78. The maximum absolute atomic E-state index is 12.2. The van der Waals surface area contributed by atoms with Crippen LogP contribution in [0.3, 0.4) is 0 Å². The zero-order valence-corrected chi connectivity index (χ0v) is 13.9. The van der Waals surface area contributed by atoms with Crippen molar-refractivity contribution in [2.75, 3.05) is 13.2 Å². The zero-order valence-electron chi connectivity index (χ0n) is 13.9. The van der Waals surface area contributed by atoms with Gasteiger partial charge in [0, 0.05) is 25.5 Å². The molecule has 0 aliphatic carbocycles. The van der Waals surface area contributed by atoms with Gasteiger partial charge in [-0.05, 0) is 12.0 Å². The summed E-state index contributed by atoms with van der Waals surface area (Å²) in [7, 11) is 0. The molecule has 1 saturated heterocycles. The molecule has 2 heterocycles. The summed E-state index contributed by atoms with van der Waals surface area (Å²) in [5.41, 5.74) is 0.787. The first-order valence-electron chi connectivity index (χ1n) is 8.41. The fraction of sp³-hybridized carbons (Fsp3) is 0.444. The van der Waals surface area contributed by atoms with E-state index in [9.17, 15) is 9.59 Å². The number of carbonyl (C=O) groups is 1. The first kappa shape index (κ1) is 17.4.